The van der Waals surface area contributed by atoms with Crippen LogP contribution in [0.2, 0.25) is 0 Å². The van der Waals surface area contributed by atoms with Gasteiger partial charge in [0.25, 0.3) is 0 Å². The molecule has 1 unspecified atom stereocenters. The highest BCUT2D eigenvalue weighted by atomic mass is 19.1. The van der Waals surface area contributed by atoms with E-state index in [0.717, 1.165) is 36.9 Å². The van der Waals surface area contributed by atoms with Gasteiger partial charge in [-0.25, -0.2) is 9.37 Å². The number of nitrogens with one attached hydrogen (secondary N) is 1. The first-order valence-electron chi connectivity index (χ1n) is 11.1. The Kier molecular flexibility index (Phi) is 5.46. The molecule has 7 nitrogen and oxygen atoms in total. The van der Waals surface area contributed by atoms with Gasteiger partial charge < -0.3 is 15.3 Å². The van der Waals surface area contributed by atoms with Crippen LogP contribution in [-0.4, -0.2) is 56.6 Å². The SMILES string of the molecule is Cc1ccc(-c2ccc(-c3cnc(N(C)[C@H]4C[C@@H]5CCCC(N5)[C@H]4F)cn3)c(O)c2)nn1. The minimum absolute atomic E-state index is 0.0733. The molecule has 32 heavy (non-hydrogen) atoms. The molecule has 2 aliphatic heterocycles. The summed E-state index contributed by atoms with van der Waals surface area (Å²) in [6.45, 7) is 1.88. The monoisotopic (exact) mass is 434 g/mol. The molecular weight excluding hydrogens is 407 g/mol. The van der Waals surface area contributed by atoms with Gasteiger partial charge in [0.05, 0.1) is 35.5 Å². The molecule has 4 heterocycles. The first-order chi connectivity index (χ1) is 15.5. The fraction of sp³-hybridized carbons (Fsp3) is 0.417. The van der Waals surface area contributed by atoms with Crippen LogP contribution in [0.1, 0.15) is 31.4 Å². The molecule has 0 spiro atoms. The molecule has 0 amide bonds. The smallest absolute Gasteiger partial charge is 0.147 e. The van der Waals surface area contributed by atoms with Gasteiger partial charge in [0.2, 0.25) is 0 Å². The molecule has 2 saturated heterocycles. The number of aryl methyl sites for hydroxylation is 1. The van der Waals surface area contributed by atoms with Crippen LogP contribution in [0, 0.1) is 6.92 Å². The number of phenols is 1. The number of nitrogens with zero attached hydrogens (tertiary/aromatic N) is 5. The molecule has 166 valence electrons. The number of alkyl halides is 1. The van der Waals surface area contributed by atoms with E-state index in [0.29, 0.717) is 28.8 Å². The van der Waals surface area contributed by atoms with Crippen LogP contribution in [0.5, 0.6) is 5.75 Å². The fourth-order valence-corrected chi connectivity index (χ4v) is 4.82. The van der Waals surface area contributed by atoms with Gasteiger partial charge in [0.1, 0.15) is 17.7 Å². The van der Waals surface area contributed by atoms with Gasteiger partial charge in [-0.3, -0.25) is 4.98 Å². The number of hydrogen-bond donors (Lipinski definition) is 2. The number of aromatic nitrogens is 4. The molecule has 2 bridgehead atoms. The third kappa shape index (κ3) is 3.90. The van der Waals surface area contributed by atoms with Crippen LogP contribution in [0.3, 0.4) is 0 Å². The van der Waals surface area contributed by atoms with Gasteiger partial charge in [-0.1, -0.05) is 12.5 Å². The number of anilines is 1. The van der Waals surface area contributed by atoms with Crippen molar-refractivity contribution in [3.63, 3.8) is 0 Å². The average Bonchev–Trinajstić information content (AvgIpc) is 2.82. The highest BCUT2D eigenvalue weighted by Crippen LogP contribution is 2.34. The molecule has 8 heteroatoms. The van der Waals surface area contributed by atoms with E-state index in [1.807, 2.05) is 37.1 Å². The second-order valence-corrected chi connectivity index (χ2v) is 8.81. The molecule has 0 aliphatic carbocycles. The zero-order valence-electron chi connectivity index (χ0n) is 18.2. The van der Waals surface area contributed by atoms with E-state index < -0.39 is 6.17 Å². The van der Waals surface area contributed by atoms with Crippen LogP contribution < -0.4 is 10.2 Å². The zero-order valence-corrected chi connectivity index (χ0v) is 18.2. The third-order valence-corrected chi connectivity index (χ3v) is 6.66. The number of phenolic OH excluding ortho intramolecular Hbond substituents is 1. The molecule has 2 aliphatic rings. The van der Waals surface area contributed by atoms with E-state index in [2.05, 4.69) is 25.5 Å². The number of benzene rings is 1. The zero-order chi connectivity index (χ0) is 22.2. The maximum Gasteiger partial charge on any atom is 0.147 e. The van der Waals surface area contributed by atoms with Crippen molar-refractivity contribution in [1.29, 1.82) is 0 Å². The maximum atomic E-state index is 15.1. The molecule has 2 N–H and O–H groups in total. The van der Waals surface area contributed by atoms with Crippen molar-refractivity contribution in [2.75, 3.05) is 11.9 Å². The molecular formula is C24H27FN6O. The van der Waals surface area contributed by atoms with Crippen molar-refractivity contribution in [2.45, 2.75) is 56.9 Å². The Labute approximate surface area is 186 Å². The lowest BCUT2D eigenvalue weighted by atomic mass is 9.82. The number of halogens is 1. The minimum atomic E-state index is -0.931. The third-order valence-electron chi connectivity index (χ3n) is 6.66. The lowest BCUT2D eigenvalue weighted by Gasteiger charge is -2.46. The van der Waals surface area contributed by atoms with Crippen LogP contribution in [-0.2, 0) is 0 Å². The van der Waals surface area contributed by atoms with E-state index in [1.165, 1.54) is 0 Å². The lowest BCUT2D eigenvalue weighted by Crippen LogP contribution is -2.61. The van der Waals surface area contributed by atoms with Crippen LogP contribution in [0.15, 0.2) is 42.7 Å². The highest BCUT2D eigenvalue weighted by Gasteiger charge is 2.41. The molecule has 0 radical (unpaired) electrons. The van der Waals surface area contributed by atoms with Gasteiger partial charge >= 0.3 is 0 Å². The largest absolute Gasteiger partial charge is 0.507 e. The Bertz CT molecular complexity index is 1090. The summed E-state index contributed by atoms with van der Waals surface area (Å²) in [5.41, 5.74) is 3.43. The summed E-state index contributed by atoms with van der Waals surface area (Å²) < 4.78 is 15.1. The second-order valence-electron chi connectivity index (χ2n) is 8.81. The van der Waals surface area contributed by atoms with Crippen LogP contribution in [0.25, 0.3) is 22.5 Å². The summed E-state index contributed by atoms with van der Waals surface area (Å²) in [4.78, 5) is 10.9. The summed E-state index contributed by atoms with van der Waals surface area (Å²) in [6.07, 6.45) is 6.19. The average molecular weight is 435 g/mol. The molecule has 4 atom stereocenters. The van der Waals surface area contributed by atoms with Gasteiger partial charge in [0.15, 0.2) is 0 Å². The molecule has 1 aromatic carbocycles. The number of rotatable bonds is 4. The Balaban J connectivity index is 1.35. The maximum absolute atomic E-state index is 15.1. The number of aromatic hydroxyl groups is 1. The predicted molar refractivity (Wildman–Crippen MR) is 121 cm³/mol. The Hall–Kier alpha value is -3.13. The summed E-state index contributed by atoms with van der Waals surface area (Å²) in [5.74, 6) is 0.725. The van der Waals surface area contributed by atoms with Crippen molar-refractivity contribution in [3.05, 3.63) is 48.4 Å². The normalized spacial score (nSPS) is 24.8. The van der Waals surface area contributed by atoms with Gasteiger partial charge in [-0.15, -0.1) is 0 Å². The van der Waals surface area contributed by atoms with Crippen molar-refractivity contribution < 1.29 is 9.50 Å². The van der Waals surface area contributed by atoms with E-state index in [9.17, 15) is 5.11 Å². The van der Waals surface area contributed by atoms with Gasteiger partial charge in [-0.2, -0.15) is 10.2 Å². The summed E-state index contributed by atoms with van der Waals surface area (Å²) >= 11 is 0. The van der Waals surface area contributed by atoms with Crippen molar-refractivity contribution in [1.82, 2.24) is 25.5 Å². The van der Waals surface area contributed by atoms with E-state index >= 15 is 4.39 Å². The van der Waals surface area contributed by atoms with Crippen molar-refractivity contribution >= 4 is 5.82 Å². The topological polar surface area (TPSA) is 87.1 Å². The van der Waals surface area contributed by atoms with E-state index in [4.69, 9.17) is 0 Å². The first-order valence-corrected chi connectivity index (χ1v) is 11.1. The molecule has 3 aromatic rings. The standard InChI is InChI=1S/C24H27FN6O/c1-14-6-9-18(30-29-14)15-7-8-17(22(32)10-15)20-12-27-23(13-26-20)31(2)21-11-16-4-3-5-19(28-16)24(21)25/h6-10,12-13,16,19,21,24,28,32H,3-5,11H2,1-2H3/t16-,19?,21-,24+/m0/s1. The van der Waals surface area contributed by atoms with Crippen LogP contribution in [0.4, 0.5) is 10.2 Å². The Morgan fingerprint density at radius 2 is 1.94 bits per heavy atom. The quantitative estimate of drug-likeness (QED) is 0.648. The minimum Gasteiger partial charge on any atom is -0.507 e. The summed E-state index contributed by atoms with van der Waals surface area (Å²) in [7, 11) is 1.89. The van der Waals surface area contributed by atoms with Crippen LogP contribution >= 0.6 is 0 Å². The number of hydrogen-bond acceptors (Lipinski definition) is 7. The van der Waals surface area contributed by atoms with Gasteiger partial charge in [-0.05, 0) is 50.5 Å². The van der Waals surface area contributed by atoms with Gasteiger partial charge in [0, 0.05) is 30.3 Å². The fourth-order valence-electron chi connectivity index (χ4n) is 4.82. The Morgan fingerprint density at radius 3 is 2.66 bits per heavy atom. The predicted octanol–water partition coefficient (Wildman–Crippen LogP) is 3.67. The number of fused-ring (bicyclic) bond motifs is 2. The first kappa shape index (κ1) is 20.8. The molecule has 5 rings (SSSR count). The lowest BCUT2D eigenvalue weighted by molar-refractivity contribution is 0.107. The van der Waals surface area contributed by atoms with E-state index in [-0.39, 0.29) is 17.8 Å². The van der Waals surface area contributed by atoms with Crippen molar-refractivity contribution in [3.8, 4) is 28.3 Å². The highest BCUT2D eigenvalue weighted by molar-refractivity contribution is 5.72. The number of piperidine rings is 2. The summed E-state index contributed by atoms with van der Waals surface area (Å²) in [5, 5.41) is 22.2. The van der Waals surface area contributed by atoms with E-state index in [1.54, 1.807) is 24.5 Å². The summed E-state index contributed by atoms with van der Waals surface area (Å²) in [6, 6.07) is 9.15. The molecule has 2 fully saturated rings. The molecule has 2 aromatic heterocycles. The second kappa shape index (κ2) is 8.43. The Morgan fingerprint density at radius 1 is 1.06 bits per heavy atom. The van der Waals surface area contributed by atoms with Crippen molar-refractivity contribution in [2.24, 2.45) is 0 Å². The molecule has 0 saturated carbocycles.